The van der Waals surface area contributed by atoms with Crippen molar-refractivity contribution in [2.75, 3.05) is 11.9 Å². The van der Waals surface area contributed by atoms with E-state index in [9.17, 15) is 9.59 Å². The minimum atomic E-state index is -0.140. The standard InChI is InChI=1S/C22H24N6O2/c1-14-12-15(2)24-22(23-14)26-19-8-4-6-17(25-19)18-7-5-11-28(18)21(30)16-9-10-20(29)27(3)13-16/h4,6,8-10,12-13,18H,5,7,11H2,1-3H3,(H,23,24,25,26)/t18-/m1/s1. The van der Waals surface area contributed by atoms with Crippen LogP contribution >= 0.6 is 0 Å². The van der Waals surface area contributed by atoms with Gasteiger partial charge in [0.05, 0.1) is 17.3 Å². The minimum Gasteiger partial charge on any atom is -0.330 e. The topological polar surface area (TPSA) is 93.0 Å². The zero-order valence-corrected chi connectivity index (χ0v) is 17.3. The summed E-state index contributed by atoms with van der Waals surface area (Å²) in [4.78, 5) is 40.1. The van der Waals surface area contributed by atoms with Crippen molar-refractivity contribution >= 4 is 17.7 Å². The molecule has 0 aromatic carbocycles. The number of hydrogen-bond donors (Lipinski definition) is 1. The molecule has 1 N–H and O–H groups in total. The highest BCUT2D eigenvalue weighted by Crippen LogP contribution is 2.32. The fourth-order valence-corrected chi connectivity index (χ4v) is 3.81. The summed E-state index contributed by atoms with van der Waals surface area (Å²) in [6.07, 6.45) is 3.33. The maximum Gasteiger partial charge on any atom is 0.255 e. The molecular formula is C22H24N6O2. The van der Waals surface area contributed by atoms with Gasteiger partial charge in [-0.15, -0.1) is 0 Å². The van der Waals surface area contributed by atoms with Gasteiger partial charge in [-0.1, -0.05) is 6.07 Å². The smallest absolute Gasteiger partial charge is 0.255 e. The van der Waals surface area contributed by atoms with Crippen molar-refractivity contribution in [1.82, 2.24) is 24.4 Å². The van der Waals surface area contributed by atoms with Crippen LogP contribution in [0, 0.1) is 13.8 Å². The summed E-state index contributed by atoms with van der Waals surface area (Å²) in [5.74, 6) is 1.05. The van der Waals surface area contributed by atoms with E-state index < -0.39 is 0 Å². The van der Waals surface area contributed by atoms with Crippen LogP contribution in [0.2, 0.25) is 0 Å². The number of anilines is 2. The molecule has 154 valence electrons. The van der Waals surface area contributed by atoms with Crippen LogP contribution in [0.5, 0.6) is 0 Å². The number of pyridine rings is 2. The number of hydrogen-bond acceptors (Lipinski definition) is 6. The first-order valence-electron chi connectivity index (χ1n) is 9.94. The molecule has 1 saturated heterocycles. The Bertz CT molecular complexity index is 1140. The van der Waals surface area contributed by atoms with Crippen LogP contribution in [0.3, 0.4) is 0 Å². The summed E-state index contributed by atoms with van der Waals surface area (Å²) in [6.45, 7) is 4.50. The van der Waals surface area contributed by atoms with Crippen LogP contribution in [-0.2, 0) is 7.05 Å². The van der Waals surface area contributed by atoms with E-state index in [0.29, 0.717) is 23.9 Å². The number of carbonyl (C=O) groups excluding carboxylic acids is 1. The molecule has 0 spiro atoms. The summed E-state index contributed by atoms with van der Waals surface area (Å²) in [7, 11) is 1.65. The Kier molecular flexibility index (Phi) is 5.31. The number of aromatic nitrogens is 4. The molecule has 3 aromatic heterocycles. The van der Waals surface area contributed by atoms with Gasteiger partial charge in [-0.3, -0.25) is 9.59 Å². The van der Waals surface area contributed by atoms with Crippen molar-refractivity contribution in [3.05, 3.63) is 75.6 Å². The van der Waals surface area contributed by atoms with Crippen molar-refractivity contribution < 1.29 is 4.79 Å². The molecule has 8 nitrogen and oxygen atoms in total. The van der Waals surface area contributed by atoms with Crippen LogP contribution < -0.4 is 10.9 Å². The van der Waals surface area contributed by atoms with E-state index in [0.717, 1.165) is 29.9 Å². The van der Waals surface area contributed by atoms with E-state index in [4.69, 9.17) is 4.98 Å². The van der Waals surface area contributed by atoms with E-state index in [-0.39, 0.29) is 17.5 Å². The van der Waals surface area contributed by atoms with Gasteiger partial charge in [0.2, 0.25) is 11.5 Å². The highest BCUT2D eigenvalue weighted by molar-refractivity contribution is 5.94. The Balaban J connectivity index is 1.58. The Morgan fingerprint density at radius 2 is 1.87 bits per heavy atom. The van der Waals surface area contributed by atoms with Gasteiger partial charge in [-0.25, -0.2) is 15.0 Å². The molecule has 0 unspecified atom stereocenters. The van der Waals surface area contributed by atoms with Crippen LogP contribution in [0.25, 0.3) is 0 Å². The van der Waals surface area contributed by atoms with Crippen molar-refractivity contribution in [3.63, 3.8) is 0 Å². The van der Waals surface area contributed by atoms with Crippen molar-refractivity contribution in [2.24, 2.45) is 7.05 Å². The molecule has 0 bridgehead atoms. The van der Waals surface area contributed by atoms with Crippen LogP contribution in [0.1, 0.15) is 46.3 Å². The molecule has 1 aliphatic heterocycles. The second-order valence-electron chi connectivity index (χ2n) is 7.57. The van der Waals surface area contributed by atoms with Crippen LogP contribution in [-0.4, -0.2) is 36.9 Å². The first-order chi connectivity index (χ1) is 14.4. The van der Waals surface area contributed by atoms with Crippen LogP contribution in [0.15, 0.2) is 47.4 Å². The number of aryl methyl sites for hydroxylation is 3. The molecule has 0 radical (unpaired) electrons. The van der Waals surface area contributed by atoms with E-state index in [1.165, 1.54) is 10.6 Å². The average molecular weight is 404 g/mol. The normalized spacial score (nSPS) is 16.0. The quantitative estimate of drug-likeness (QED) is 0.719. The predicted octanol–water partition coefficient (Wildman–Crippen LogP) is 2.91. The third kappa shape index (κ3) is 4.07. The van der Waals surface area contributed by atoms with Gasteiger partial charge in [0.15, 0.2) is 0 Å². The molecule has 1 aliphatic rings. The highest BCUT2D eigenvalue weighted by atomic mass is 16.2. The largest absolute Gasteiger partial charge is 0.330 e. The lowest BCUT2D eigenvalue weighted by Crippen LogP contribution is -2.32. The second kappa shape index (κ2) is 8.06. The number of amides is 1. The monoisotopic (exact) mass is 404 g/mol. The Morgan fingerprint density at radius 3 is 2.60 bits per heavy atom. The fourth-order valence-electron chi connectivity index (χ4n) is 3.81. The van der Waals surface area contributed by atoms with Crippen molar-refractivity contribution in [1.29, 1.82) is 0 Å². The zero-order valence-electron chi connectivity index (χ0n) is 17.3. The zero-order chi connectivity index (χ0) is 21.3. The SMILES string of the molecule is Cc1cc(C)nc(Nc2cccc([C@H]3CCCN3C(=O)c3ccc(=O)n(C)c3)n2)n1. The van der Waals surface area contributed by atoms with Crippen molar-refractivity contribution in [3.8, 4) is 0 Å². The molecule has 4 heterocycles. The number of likely N-dealkylation sites (tertiary alicyclic amines) is 1. The van der Waals surface area contributed by atoms with Gasteiger partial charge in [0.25, 0.3) is 5.91 Å². The van der Waals surface area contributed by atoms with E-state index in [2.05, 4.69) is 15.3 Å². The maximum atomic E-state index is 13.1. The number of rotatable bonds is 4. The Labute approximate surface area is 174 Å². The lowest BCUT2D eigenvalue weighted by atomic mass is 10.1. The van der Waals surface area contributed by atoms with Crippen molar-refractivity contribution in [2.45, 2.75) is 32.7 Å². The number of nitrogens with zero attached hydrogens (tertiary/aromatic N) is 5. The molecular weight excluding hydrogens is 380 g/mol. The first-order valence-corrected chi connectivity index (χ1v) is 9.94. The van der Waals surface area contributed by atoms with Gasteiger partial charge in [0.1, 0.15) is 5.82 Å². The van der Waals surface area contributed by atoms with E-state index in [1.807, 2.05) is 43.0 Å². The molecule has 1 fully saturated rings. The lowest BCUT2D eigenvalue weighted by Gasteiger charge is -2.25. The third-order valence-electron chi connectivity index (χ3n) is 5.18. The molecule has 3 aromatic rings. The number of carbonyl (C=O) groups is 1. The fraction of sp³-hybridized carbons (Fsp3) is 0.318. The van der Waals surface area contributed by atoms with E-state index in [1.54, 1.807) is 19.3 Å². The molecule has 0 aliphatic carbocycles. The van der Waals surface area contributed by atoms with Gasteiger partial charge in [-0.05, 0) is 51.0 Å². The summed E-state index contributed by atoms with van der Waals surface area (Å²) < 4.78 is 1.42. The minimum absolute atomic E-state index is 0.0918. The van der Waals surface area contributed by atoms with Gasteiger partial charge < -0.3 is 14.8 Å². The van der Waals surface area contributed by atoms with Gasteiger partial charge >= 0.3 is 0 Å². The third-order valence-corrected chi connectivity index (χ3v) is 5.18. The number of nitrogens with one attached hydrogen (secondary N) is 1. The molecule has 1 atom stereocenters. The van der Waals surface area contributed by atoms with Crippen LogP contribution in [0.4, 0.5) is 11.8 Å². The highest BCUT2D eigenvalue weighted by Gasteiger charge is 2.31. The van der Waals surface area contributed by atoms with Gasteiger partial charge in [0, 0.05) is 37.2 Å². The molecule has 30 heavy (non-hydrogen) atoms. The summed E-state index contributed by atoms with van der Waals surface area (Å²) in [5, 5.41) is 3.16. The van der Waals surface area contributed by atoms with E-state index >= 15 is 0 Å². The molecule has 4 rings (SSSR count). The molecule has 8 heteroatoms. The first kappa shape index (κ1) is 19.8. The average Bonchev–Trinajstić information content (AvgIpc) is 3.19. The Hall–Kier alpha value is -3.55. The van der Waals surface area contributed by atoms with Gasteiger partial charge in [-0.2, -0.15) is 0 Å². The molecule has 0 saturated carbocycles. The summed E-state index contributed by atoms with van der Waals surface area (Å²) in [5.41, 5.74) is 2.94. The predicted molar refractivity (Wildman–Crippen MR) is 114 cm³/mol. The lowest BCUT2D eigenvalue weighted by molar-refractivity contribution is 0.0732. The summed E-state index contributed by atoms with van der Waals surface area (Å²) in [6, 6.07) is 10.5. The second-order valence-corrected chi connectivity index (χ2v) is 7.57. The Morgan fingerprint density at radius 1 is 1.10 bits per heavy atom. The molecule has 1 amide bonds. The summed E-state index contributed by atoms with van der Waals surface area (Å²) >= 11 is 0. The maximum absolute atomic E-state index is 13.1.